The number of nitrogens with one attached hydrogen (secondary N) is 1. The number of rotatable bonds is 28. The smallest absolute Gasteiger partial charge is 0.260 e. The molecule has 0 fully saturated rings. The summed E-state index contributed by atoms with van der Waals surface area (Å²) in [5.41, 5.74) is 9.75. The lowest BCUT2D eigenvalue weighted by Crippen LogP contribution is -2.43. The van der Waals surface area contributed by atoms with Crippen LogP contribution in [0.25, 0.3) is 21.9 Å². The van der Waals surface area contributed by atoms with Crippen molar-refractivity contribution in [1.29, 1.82) is 0 Å². The van der Waals surface area contributed by atoms with Gasteiger partial charge in [0.1, 0.15) is 35.9 Å². The fraction of sp³-hybridized carbons (Fsp3) is 0.484. The zero-order valence-corrected chi connectivity index (χ0v) is 49.8. The first-order valence-electron chi connectivity index (χ1n) is 27.3. The molecule has 0 saturated heterocycles. The van der Waals surface area contributed by atoms with Crippen LogP contribution >= 0.6 is 11.6 Å². The van der Waals surface area contributed by atoms with Crippen molar-refractivity contribution in [2.75, 3.05) is 47.5 Å². The second kappa shape index (κ2) is 38.4. The second-order valence-electron chi connectivity index (χ2n) is 19.1. The predicted octanol–water partition coefficient (Wildman–Crippen LogP) is 14.5. The van der Waals surface area contributed by atoms with Gasteiger partial charge in [-0.05, 0) is 155 Å². The number of fused-ring (bicyclic) bond motifs is 1. The van der Waals surface area contributed by atoms with E-state index < -0.39 is 6.04 Å². The molecule has 0 aliphatic heterocycles. The highest BCUT2D eigenvalue weighted by Gasteiger charge is 2.25. The van der Waals surface area contributed by atoms with E-state index in [9.17, 15) is 23.6 Å². The van der Waals surface area contributed by atoms with Gasteiger partial charge in [-0.2, -0.15) is 0 Å². The zero-order valence-electron chi connectivity index (χ0n) is 49.0. The van der Waals surface area contributed by atoms with Gasteiger partial charge in [0.2, 0.25) is 5.91 Å². The number of aliphatic hydroxyl groups excluding tert-OH is 1. The molecule has 4 rings (SSSR count). The molecule has 4 aromatic rings. The van der Waals surface area contributed by atoms with Crippen LogP contribution in [-0.4, -0.2) is 98.6 Å². The molecule has 0 heterocycles. The van der Waals surface area contributed by atoms with E-state index in [0.29, 0.717) is 62.7 Å². The third kappa shape index (κ3) is 22.0. The molecule has 13 heteroatoms. The summed E-state index contributed by atoms with van der Waals surface area (Å²) < 4.78 is 25.7. The molecule has 77 heavy (non-hydrogen) atoms. The van der Waals surface area contributed by atoms with Crippen LogP contribution in [0.4, 0.5) is 4.39 Å². The highest BCUT2D eigenvalue weighted by molar-refractivity contribution is 6.36. The lowest BCUT2D eigenvalue weighted by molar-refractivity contribution is -0.133. The molecule has 0 aromatic heterocycles. The summed E-state index contributed by atoms with van der Waals surface area (Å²) in [5, 5.41) is 12.0. The minimum atomic E-state index is -0.522. The van der Waals surface area contributed by atoms with E-state index in [1.54, 1.807) is 31.3 Å². The Kier molecular flexibility index (Phi) is 34.4. The topological polar surface area (TPSA) is 138 Å². The maximum absolute atomic E-state index is 13.6. The summed E-state index contributed by atoms with van der Waals surface area (Å²) >= 11 is 6.73. The van der Waals surface area contributed by atoms with E-state index in [1.165, 1.54) is 31.4 Å². The van der Waals surface area contributed by atoms with E-state index in [-0.39, 0.29) is 30.7 Å². The Morgan fingerprint density at radius 2 is 1.56 bits per heavy atom. The first-order valence-corrected chi connectivity index (χ1v) is 27.7. The molecule has 2 amide bonds. The molecule has 2 unspecified atom stereocenters. The summed E-state index contributed by atoms with van der Waals surface area (Å²) in [7, 11) is 4.36. The van der Waals surface area contributed by atoms with Gasteiger partial charge in [-0.15, -0.1) is 0 Å². The normalized spacial score (nSPS) is 11.9. The summed E-state index contributed by atoms with van der Waals surface area (Å²) in [4.78, 5) is 56.0. The van der Waals surface area contributed by atoms with Crippen LogP contribution in [0.3, 0.4) is 0 Å². The number of carbonyl (C=O) groups is 4. The molecule has 0 spiro atoms. The van der Waals surface area contributed by atoms with Crippen molar-refractivity contribution in [2.45, 2.75) is 153 Å². The van der Waals surface area contributed by atoms with Crippen LogP contribution in [0.1, 0.15) is 154 Å². The minimum Gasteiger partial charge on any atom is -0.493 e. The fourth-order valence-corrected chi connectivity index (χ4v) is 9.30. The largest absolute Gasteiger partial charge is 0.493 e. The van der Waals surface area contributed by atoms with Crippen LogP contribution < -0.4 is 14.8 Å². The predicted molar refractivity (Wildman–Crippen MR) is 321 cm³/mol. The van der Waals surface area contributed by atoms with Crippen molar-refractivity contribution in [2.24, 2.45) is 10.9 Å². The number of halogens is 2. The summed E-state index contributed by atoms with van der Waals surface area (Å²) in [6.45, 7) is 29.1. The van der Waals surface area contributed by atoms with Crippen LogP contribution in [-0.2, 0) is 25.7 Å². The highest BCUT2D eigenvalue weighted by atomic mass is 35.5. The first kappa shape index (κ1) is 68.9. The van der Waals surface area contributed by atoms with Crippen molar-refractivity contribution in [1.82, 2.24) is 15.1 Å². The Morgan fingerprint density at radius 3 is 2.10 bits per heavy atom. The van der Waals surface area contributed by atoms with Gasteiger partial charge in [0.15, 0.2) is 6.61 Å². The lowest BCUT2D eigenvalue weighted by Gasteiger charge is -2.30. The van der Waals surface area contributed by atoms with Gasteiger partial charge in [-0.25, -0.2) is 4.39 Å². The van der Waals surface area contributed by atoms with Gasteiger partial charge in [0.25, 0.3) is 5.91 Å². The molecule has 0 aliphatic rings. The SMILES string of the molecule is C=CN(Cc1c(C)cccc1OCC(=O)N(CCC)CCC)C(CCC=O)C(=O)NC.CC/C(C=O)=C(/CCCOc1cccc2cc(F)ccc12)c1ccc(Cl)c(C(C(C)=NC)=C(C)C)c1C.CCCC(C)CC.CO. The Morgan fingerprint density at radius 1 is 0.896 bits per heavy atom. The molecule has 0 aliphatic carbocycles. The molecule has 0 radical (unpaired) electrons. The van der Waals surface area contributed by atoms with E-state index in [1.807, 2.05) is 88.0 Å². The number of likely N-dealkylation sites (N-methyl/N-ethyl adjacent to an activating group) is 1. The Hall–Kier alpha value is -6.11. The number of nitrogens with zero attached hydrogens (tertiary/aromatic N) is 3. The maximum atomic E-state index is 13.6. The molecule has 0 saturated carbocycles. The van der Waals surface area contributed by atoms with E-state index in [0.717, 1.165) is 111 Å². The molecule has 11 nitrogen and oxygen atoms in total. The maximum Gasteiger partial charge on any atom is 0.260 e. The zero-order chi connectivity index (χ0) is 58.0. The van der Waals surface area contributed by atoms with E-state index >= 15 is 0 Å². The average molecular weight is 1080 g/mol. The highest BCUT2D eigenvalue weighted by Crippen LogP contribution is 2.38. The molecule has 0 bridgehead atoms. The van der Waals surface area contributed by atoms with Crippen LogP contribution in [0.2, 0.25) is 5.02 Å². The number of allylic oxidation sites excluding steroid dienone is 4. The van der Waals surface area contributed by atoms with Gasteiger partial charge in [0, 0.05) is 80.1 Å². The van der Waals surface area contributed by atoms with Gasteiger partial charge in [0.05, 0.1) is 6.61 Å². The summed E-state index contributed by atoms with van der Waals surface area (Å²) in [6, 6.07) is 19.4. The van der Waals surface area contributed by atoms with Crippen LogP contribution in [0.15, 0.2) is 95.6 Å². The van der Waals surface area contributed by atoms with Crippen LogP contribution in [0.5, 0.6) is 11.5 Å². The van der Waals surface area contributed by atoms with Crippen molar-refractivity contribution in [3.8, 4) is 11.5 Å². The second-order valence-corrected chi connectivity index (χ2v) is 19.5. The minimum absolute atomic E-state index is 0.0332. The number of aldehydes is 2. The Labute approximate surface area is 467 Å². The van der Waals surface area contributed by atoms with Crippen molar-refractivity contribution >= 4 is 63.6 Å². The Bertz CT molecular complexity index is 2560. The average Bonchev–Trinajstić information content (AvgIpc) is 3.43. The van der Waals surface area contributed by atoms with Crippen LogP contribution in [0, 0.1) is 25.6 Å². The monoisotopic (exact) mass is 1080 g/mol. The molecule has 2 N–H and O–H groups in total. The number of aliphatic hydroxyl groups is 1. The summed E-state index contributed by atoms with van der Waals surface area (Å²) in [5.74, 6) is 1.80. The third-order valence-electron chi connectivity index (χ3n) is 13.3. The molecule has 2 atom stereocenters. The first-order chi connectivity index (χ1) is 37.0. The lowest BCUT2D eigenvalue weighted by atomic mass is 9.86. The third-order valence-corrected chi connectivity index (χ3v) is 13.7. The van der Waals surface area contributed by atoms with Crippen molar-refractivity contribution in [3.63, 3.8) is 0 Å². The quantitative estimate of drug-likeness (QED) is 0.0248. The molecular formula is C64H92ClFN4O7. The Balaban J connectivity index is 0.000000673. The molecule has 424 valence electrons. The number of hydrogen-bond acceptors (Lipinski definition) is 9. The van der Waals surface area contributed by atoms with E-state index in [4.69, 9.17) is 26.2 Å². The van der Waals surface area contributed by atoms with Gasteiger partial charge in [-0.1, -0.05) is 115 Å². The van der Waals surface area contributed by atoms with E-state index in [2.05, 4.69) is 58.4 Å². The standard InChI is InChI=1S/C32H35ClFNO2.C24H37N3O4.C7H16.CH4O/c1-7-23(19-36)27(11-9-17-37-30-12-8-10-24-18-25(34)13-14-28(24)30)26-15-16-29(33)32(21(26)4)31(20(2)3)22(5)35-6;1-6-14-27(15-7-2)23(29)18-31-22-13-9-11-19(4)20(22)17-26(8-3)21(12-10-16-28)24(30)25-5;1-4-6-7(3)5-2;1-2/h8,10,12-16,18-19H,7,9,11,17H2,1-6H3;8-9,11,13,16,21H,3,6-7,10,12,14-15,17-18H2,1-2,4-5H3,(H,25,30);7H,4-6H2,1-3H3;2H,1H3/b27-23+,35-22?;;;. The van der Waals surface area contributed by atoms with Gasteiger partial charge in [-0.3, -0.25) is 19.4 Å². The number of hydrogen-bond donors (Lipinski definition) is 2. The fourth-order valence-electron chi connectivity index (χ4n) is 9.00. The molecular weight excluding hydrogens is 991 g/mol. The number of ether oxygens (including phenoxy) is 2. The summed E-state index contributed by atoms with van der Waals surface area (Å²) in [6.07, 6.45) is 12.0. The number of aryl methyl sites for hydroxylation is 1. The van der Waals surface area contributed by atoms with Gasteiger partial charge < -0.3 is 34.5 Å². The number of aliphatic imine (C=N–C) groups is 1. The number of carbonyl (C=O) groups excluding carboxylic acids is 4. The number of amides is 2. The van der Waals surface area contributed by atoms with Gasteiger partial charge >= 0.3 is 0 Å². The number of benzene rings is 4. The molecule has 4 aromatic carbocycles. The van der Waals surface area contributed by atoms with Crippen molar-refractivity contribution < 1.29 is 38.1 Å². The van der Waals surface area contributed by atoms with Crippen molar-refractivity contribution in [3.05, 3.63) is 129 Å².